The zero-order chi connectivity index (χ0) is 15.8. The number of pyridine rings is 1. The predicted molar refractivity (Wildman–Crippen MR) is 85.9 cm³/mol. The lowest BCUT2D eigenvalue weighted by atomic mass is 10.3. The molecule has 3 heterocycles. The van der Waals surface area contributed by atoms with Crippen LogP contribution in [0.4, 0.5) is 0 Å². The van der Waals surface area contributed by atoms with Crippen molar-refractivity contribution >= 4 is 11.0 Å². The molecule has 0 saturated carbocycles. The molecule has 3 aromatic heterocycles. The number of aromatic amines is 1. The average molecular weight is 306 g/mol. The molecule has 0 fully saturated rings. The van der Waals surface area contributed by atoms with Crippen molar-refractivity contribution in [2.45, 2.75) is 6.54 Å². The van der Waals surface area contributed by atoms with Gasteiger partial charge in [-0.05, 0) is 24.3 Å². The summed E-state index contributed by atoms with van der Waals surface area (Å²) in [7, 11) is 1.69. The largest absolute Gasteiger partial charge is 0.346 e. The van der Waals surface area contributed by atoms with Gasteiger partial charge in [-0.2, -0.15) is 0 Å². The fourth-order valence-electron chi connectivity index (χ4n) is 2.53. The highest BCUT2D eigenvalue weighted by Gasteiger charge is 2.14. The maximum absolute atomic E-state index is 12.4. The van der Waals surface area contributed by atoms with E-state index in [1.807, 2.05) is 42.5 Å². The number of rotatable bonds is 3. The van der Waals surface area contributed by atoms with E-state index < -0.39 is 0 Å². The fourth-order valence-corrected chi connectivity index (χ4v) is 2.53. The molecule has 7 nitrogen and oxygen atoms in total. The smallest absolute Gasteiger partial charge is 0.340 e. The topological polar surface area (TPSA) is 81.4 Å². The van der Waals surface area contributed by atoms with Gasteiger partial charge < -0.3 is 4.98 Å². The summed E-state index contributed by atoms with van der Waals surface area (Å²) in [5, 5.41) is 4.39. The summed E-state index contributed by atoms with van der Waals surface area (Å²) in [5.74, 6) is 1.23. The summed E-state index contributed by atoms with van der Waals surface area (Å²) in [5.41, 5.74) is 2.27. The van der Waals surface area contributed by atoms with Crippen LogP contribution in [0.25, 0.3) is 22.6 Å². The highest BCUT2D eigenvalue weighted by atomic mass is 16.2. The molecule has 114 valence electrons. The molecule has 0 saturated heterocycles. The molecule has 0 aliphatic rings. The Labute approximate surface area is 131 Å². The first-order valence-corrected chi connectivity index (χ1v) is 7.21. The van der Waals surface area contributed by atoms with E-state index in [4.69, 9.17) is 0 Å². The monoisotopic (exact) mass is 306 g/mol. The minimum atomic E-state index is -0.203. The Kier molecular flexibility index (Phi) is 3.04. The van der Waals surface area contributed by atoms with Crippen LogP contribution in [-0.2, 0) is 13.6 Å². The Balaban J connectivity index is 1.74. The maximum Gasteiger partial charge on any atom is 0.346 e. The van der Waals surface area contributed by atoms with Crippen molar-refractivity contribution in [1.29, 1.82) is 0 Å². The average Bonchev–Trinajstić information content (AvgIpc) is 3.11. The van der Waals surface area contributed by atoms with Gasteiger partial charge in [-0.3, -0.25) is 9.55 Å². The van der Waals surface area contributed by atoms with Crippen LogP contribution in [-0.4, -0.2) is 29.3 Å². The number of H-pyrrole nitrogens is 1. The van der Waals surface area contributed by atoms with E-state index in [2.05, 4.69) is 20.1 Å². The van der Waals surface area contributed by atoms with Crippen molar-refractivity contribution in [3.8, 4) is 11.5 Å². The Morgan fingerprint density at radius 1 is 1.13 bits per heavy atom. The van der Waals surface area contributed by atoms with Gasteiger partial charge in [0.2, 0.25) is 0 Å². The fraction of sp³-hybridized carbons (Fsp3) is 0.125. The molecule has 0 amide bonds. The molecule has 1 aromatic carbocycles. The molecule has 1 N–H and O–H groups in total. The second-order valence-corrected chi connectivity index (χ2v) is 5.24. The predicted octanol–water partition coefficient (Wildman–Crippen LogP) is 1.57. The molecule has 4 aromatic rings. The summed E-state index contributed by atoms with van der Waals surface area (Å²) >= 11 is 0. The third-order valence-corrected chi connectivity index (χ3v) is 3.67. The van der Waals surface area contributed by atoms with Gasteiger partial charge in [0.25, 0.3) is 0 Å². The summed E-state index contributed by atoms with van der Waals surface area (Å²) in [6.07, 6.45) is 1.68. The van der Waals surface area contributed by atoms with Crippen LogP contribution in [0.2, 0.25) is 0 Å². The van der Waals surface area contributed by atoms with Crippen molar-refractivity contribution < 1.29 is 0 Å². The van der Waals surface area contributed by atoms with Crippen LogP contribution in [0, 0.1) is 0 Å². The zero-order valence-corrected chi connectivity index (χ0v) is 12.5. The Morgan fingerprint density at radius 3 is 2.74 bits per heavy atom. The van der Waals surface area contributed by atoms with Gasteiger partial charge in [0.1, 0.15) is 18.1 Å². The first kappa shape index (κ1) is 13.4. The minimum absolute atomic E-state index is 0.203. The van der Waals surface area contributed by atoms with Crippen LogP contribution in [0.3, 0.4) is 0 Å². The highest BCUT2D eigenvalue weighted by Crippen LogP contribution is 2.13. The number of aromatic nitrogens is 6. The Morgan fingerprint density at radius 2 is 1.96 bits per heavy atom. The van der Waals surface area contributed by atoms with Gasteiger partial charge in [0.15, 0.2) is 5.82 Å². The van der Waals surface area contributed by atoms with Crippen molar-refractivity contribution in [3.05, 3.63) is 65.0 Å². The molecular formula is C16H14N6O. The lowest BCUT2D eigenvalue weighted by molar-refractivity contribution is 0.628. The van der Waals surface area contributed by atoms with E-state index >= 15 is 0 Å². The quantitative estimate of drug-likeness (QED) is 0.623. The highest BCUT2D eigenvalue weighted by molar-refractivity contribution is 5.74. The van der Waals surface area contributed by atoms with E-state index in [0.29, 0.717) is 17.3 Å². The van der Waals surface area contributed by atoms with E-state index in [-0.39, 0.29) is 12.2 Å². The number of hydrogen-bond donors (Lipinski definition) is 1. The third-order valence-electron chi connectivity index (χ3n) is 3.67. The van der Waals surface area contributed by atoms with E-state index in [1.54, 1.807) is 13.2 Å². The summed E-state index contributed by atoms with van der Waals surface area (Å²) in [6.45, 7) is 0.286. The van der Waals surface area contributed by atoms with E-state index in [0.717, 1.165) is 11.0 Å². The van der Waals surface area contributed by atoms with Crippen LogP contribution in [0.15, 0.2) is 53.5 Å². The minimum Gasteiger partial charge on any atom is -0.340 e. The first-order valence-electron chi connectivity index (χ1n) is 7.21. The molecule has 23 heavy (non-hydrogen) atoms. The Bertz CT molecular complexity index is 995. The number of imidazole rings is 1. The van der Waals surface area contributed by atoms with Gasteiger partial charge >= 0.3 is 5.69 Å². The van der Waals surface area contributed by atoms with Crippen LogP contribution in [0.1, 0.15) is 5.82 Å². The molecule has 7 heteroatoms. The number of para-hydroxylation sites is 2. The standard InChI is InChI=1S/C16H14N6O/c1-21-15(13-8-4-5-9-17-13)20-22(16(21)23)10-14-18-11-6-2-3-7-12(11)19-14/h2-9H,10H2,1H3,(H,18,19). The normalized spacial score (nSPS) is 11.2. The molecule has 0 unspecified atom stereocenters. The third kappa shape index (κ3) is 2.32. The molecule has 0 bridgehead atoms. The van der Waals surface area contributed by atoms with Gasteiger partial charge in [-0.1, -0.05) is 18.2 Å². The molecule has 0 radical (unpaired) electrons. The maximum atomic E-state index is 12.4. The van der Waals surface area contributed by atoms with Gasteiger partial charge in [-0.25, -0.2) is 14.5 Å². The molecule has 0 atom stereocenters. The van der Waals surface area contributed by atoms with Crippen LogP contribution < -0.4 is 5.69 Å². The summed E-state index contributed by atoms with van der Waals surface area (Å²) in [4.78, 5) is 24.3. The number of nitrogens with one attached hydrogen (secondary N) is 1. The second-order valence-electron chi connectivity index (χ2n) is 5.24. The molecule has 0 spiro atoms. The van der Waals surface area contributed by atoms with Crippen LogP contribution >= 0.6 is 0 Å². The number of nitrogens with zero attached hydrogens (tertiary/aromatic N) is 5. The number of benzene rings is 1. The van der Waals surface area contributed by atoms with Crippen molar-refractivity contribution in [1.82, 2.24) is 29.3 Å². The van der Waals surface area contributed by atoms with Gasteiger partial charge in [-0.15, -0.1) is 5.10 Å². The molecule has 0 aliphatic carbocycles. The lowest BCUT2D eigenvalue weighted by Gasteiger charge is -1.96. The van der Waals surface area contributed by atoms with Crippen molar-refractivity contribution in [2.75, 3.05) is 0 Å². The van der Waals surface area contributed by atoms with E-state index in [9.17, 15) is 4.79 Å². The number of hydrogen-bond acceptors (Lipinski definition) is 4. The zero-order valence-electron chi connectivity index (χ0n) is 12.5. The van der Waals surface area contributed by atoms with Crippen molar-refractivity contribution in [3.63, 3.8) is 0 Å². The summed E-state index contributed by atoms with van der Waals surface area (Å²) < 4.78 is 2.88. The van der Waals surface area contributed by atoms with Crippen LogP contribution in [0.5, 0.6) is 0 Å². The molecule has 4 rings (SSSR count). The lowest BCUT2D eigenvalue weighted by Crippen LogP contribution is -2.24. The van der Waals surface area contributed by atoms with Crippen molar-refractivity contribution in [2.24, 2.45) is 7.05 Å². The first-order chi connectivity index (χ1) is 11.2. The molecular weight excluding hydrogens is 292 g/mol. The number of fused-ring (bicyclic) bond motifs is 1. The summed E-state index contributed by atoms with van der Waals surface area (Å²) in [6, 6.07) is 13.3. The SMILES string of the molecule is Cn1c(-c2ccccn2)nn(Cc2nc3ccccc3[nH]2)c1=O. The molecule has 0 aliphatic heterocycles. The van der Waals surface area contributed by atoms with Gasteiger partial charge in [0, 0.05) is 13.2 Å². The Hall–Kier alpha value is -3.22. The second kappa shape index (κ2) is 5.20. The van der Waals surface area contributed by atoms with Gasteiger partial charge in [0.05, 0.1) is 11.0 Å². The van der Waals surface area contributed by atoms with E-state index in [1.165, 1.54) is 9.25 Å².